The van der Waals surface area contributed by atoms with E-state index in [1.807, 2.05) is 0 Å². The maximum Gasteiger partial charge on any atom is 0.0239 e. The molecule has 0 radical (unpaired) electrons. The number of hydrogen-bond donors (Lipinski definition) is 1. The third-order valence-electron chi connectivity index (χ3n) is 5.07. The van der Waals surface area contributed by atoms with Crippen LogP contribution in [0, 0.1) is 26.2 Å². The lowest BCUT2D eigenvalue weighted by Crippen LogP contribution is -2.29. The minimum absolute atomic E-state index is 0. The molecule has 0 aliphatic carbocycles. The molecule has 0 bridgehead atoms. The molecule has 2 heterocycles. The third-order valence-corrected chi connectivity index (χ3v) is 5.07. The molecule has 0 aromatic heterocycles. The zero-order valence-corrected chi connectivity index (χ0v) is 13.8. The van der Waals surface area contributed by atoms with Crippen molar-refractivity contribution in [1.29, 1.82) is 0 Å². The highest BCUT2D eigenvalue weighted by atomic mass is 35.5. The van der Waals surface area contributed by atoms with Crippen LogP contribution in [0.1, 0.15) is 35.1 Å². The van der Waals surface area contributed by atoms with Gasteiger partial charge in [-0.05, 0) is 68.8 Å². The van der Waals surface area contributed by atoms with Crippen LogP contribution in [0.3, 0.4) is 0 Å². The molecule has 2 aliphatic rings. The van der Waals surface area contributed by atoms with E-state index >= 15 is 0 Å². The van der Waals surface area contributed by atoms with Crippen LogP contribution in [0.15, 0.2) is 12.1 Å². The van der Waals surface area contributed by atoms with Gasteiger partial charge >= 0.3 is 0 Å². The summed E-state index contributed by atoms with van der Waals surface area (Å²) in [6, 6.07) is 4.65. The van der Waals surface area contributed by atoms with Crippen molar-refractivity contribution in [1.82, 2.24) is 10.2 Å². The van der Waals surface area contributed by atoms with E-state index in [9.17, 15) is 0 Å². The summed E-state index contributed by atoms with van der Waals surface area (Å²) < 4.78 is 0. The number of likely N-dealkylation sites (tertiary alicyclic amines) is 1. The van der Waals surface area contributed by atoms with Crippen LogP contribution < -0.4 is 5.32 Å². The molecule has 112 valence electrons. The fraction of sp³-hybridized carbons (Fsp3) is 0.647. The summed E-state index contributed by atoms with van der Waals surface area (Å²) >= 11 is 0. The predicted octanol–water partition coefficient (Wildman–Crippen LogP) is 3.22. The summed E-state index contributed by atoms with van der Waals surface area (Å²) in [4.78, 5) is 2.66. The van der Waals surface area contributed by atoms with Gasteiger partial charge in [0.1, 0.15) is 0 Å². The molecule has 1 unspecified atom stereocenters. The van der Waals surface area contributed by atoms with Gasteiger partial charge in [0.05, 0.1) is 0 Å². The summed E-state index contributed by atoms with van der Waals surface area (Å²) in [5.74, 6) is 0. The monoisotopic (exact) mass is 294 g/mol. The van der Waals surface area contributed by atoms with Crippen molar-refractivity contribution < 1.29 is 0 Å². The summed E-state index contributed by atoms with van der Waals surface area (Å²) in [5.41, 5.74) is 6.45. The maximum atomic E-state index is 3.54. The zero-order valence-electron chi connectivity index (χ0n) is 13.0. The second-order valence-corrected chi connectivity index (χ2v) is 6.76. The van der Waals surface area contributed by atoms with E-state index in [1.165, 1.54) is 55.7 Å². The van der Waals surface area contributed by atoms with Gasteiger partial charge in [0.15, 0.2) is 0 Å². The lowest BCUT2D eigenvalue weighted by Gasteiger charge is -2.24. The van der Waals surface area contributed by atoms with Crippen LogP contribution in [0.5, 0.6) is 0 Å². The van der Waals surface area contributed by atoms with Gasteiger partial charge in [-0.3, -0.25) is 4.90 Å². The van der Waals surface area contributed by atoms with Crippen molar-refractivity contribution in [3.05, 3.63) is 34.4 Å². The summed E-state index contributed by atoms with van der Waals surface area (Å²) in [5, 5.41) is 3.54. The Kier molecular flexibility index (Phi) is 4.78. The Balaban J connectivity index is 0.00000147. The highest BCUT2D eigenvalue weighted by Gasteiger charge is 2.40. The molecule has 1 spiro atoms. The topological polar surface area (TPSA) is 15.3 Å². The SMILES string of the molecule is Cc1cc(C)c(CN2CCC3(CCNC3)C2)c(C)c1.Cl. The predicted molar refractivity (Wildman–Crippen MR) is 87.7 cm³/mol. The first kappa shape index (κ1) is 15.8. The largest absolute Gasteiger partial charge is 0.316 e. The Morgan fingerprint density at radius 3 is 2.45 bits per heavy atom. The second-order valence-electron chi connectivity index (χ2n) is 6.76. The molecule has 1 aromatic rings. The molecule has 20 heavy (non-hydrogen) atoms. The first-order valence-electron chi connectivity index (χ1n) is 7.58. The van der Waals surface area contributed by atoms with Crippen molar-refractivity contribution in [2.45, 2.75) is 40.2 Å². The van der Waals surface area contributed by atoms with E-state index in [2.05, 4.69) is 43.1 Å². The molecule has 2 fully saturated rings. The minimum Gasteiger partial charge on any atom is -0.316 e. The van der Waals surface area contributed by atoms with Crippen LogP contribution in [-0.2, 0) is 6.54 Å². The Hall–Kier alpha value is -0.570. The average Bonchev–Trinajstić information content (AvgIpc) is 2.95. The van der Waals surface area contributed by atoms with E-state index < -0.39 is 0 Å². The Morgan fingerprint density at radius 1 is 1.15 bits per heavy atom. The fourth-order valence-electron chi connectivity index (χ4n) is 3.99. The number of benzene rings is 1. The van der Waals surface area contributed by atoms with Gasteiger partial charge in [-0.25, -0.2) is 0 Å². The molecule has 2 saturated heterocycles. The number of halogens is 1. The Bertz CT molecular complexity index is 455. The van der Waals surface area contributed by atoms with Crippen LogP contribution in [0.4, 0.5) is 0 Å². The van der Waals surface area contributed by atoms with Crippen molar-refractivity contribution >= 4 is 12.4 Å². The highest BCUT2D eigenvalue weighted by Crippen LogP contribution is 2.37. The van der Waals surface area contributed by atoms with Gasteiger partial charge < -0.3 is 5.32 Å². The van der Waals surface area contributed by atoms with Gasteiger partial charge in [-0.15, -0.1) is 12.4 Å². The first-order valence-corrected chi connectivity index (χ1v) is 7.58. The number of hydrogen-bond acceptors (Lipinski definition) is 2. The standard InChI is InChI=1S/C17H26N2.ClH/c1-13-8-14(2)16(15(3)9-13)10-19-7-5-17(12-19)4-6-18-11-17;/h8-9,18H,4-7,10-12H2,1-3H3;1H. The Morgan fingerprint density at radius 2 is 1.85 bits per heavy atom. The molecule has 0 saturated carbocycles. The molecule has 1 N–H and O–H groups in total. The maximum absolute atomic E-state index is 3.54. The molecule has 2 nitrogen and oxygen atoms in total. The van der Waals surface area contributed by atoms with Crippen LogP contribution in [0.2, 0.25) is 0 Å². The van der Waals surface area contributed by atoms with Gasteiger partial charge in [0.2, 0.25) is 0 Å². The van der Waals surface area contributed by atoms with Crippen LogP contribution in [0.25, 0.3) is 0 Å². The van der Waals surface area contributed by atoms with Crippen LogP contribution >= 0.6 is 12.4 Å². The van der Waals surface area contributed by atoms with Crippen molar-refractivity contribution in [3.63, 3.8) is 0 Å². The average molecular weight is 295 g/mol. The van der Waals surface area contributed by atoms with E-state index in [4.69, 9.17) is 0 Å². The quantitative estimate of drug-likeness (QED) is 0.901. The summed E-state index contributed by atoms with van der Waals surface area (Å²) in [6.07, 6.45) is 2.75. The molecular weight excluding hydrogens is 268 g/mol. The number of nitrogens with zero attached hydrogens (tertiary/aromatic N) is 1. The molecule has 1 aromatic carbocycles. The number of nitrogens with one attached hydrogen (secondary N) is 1. The van der Waals surface area contributed by atoms with Crippen molar-refractivity contribution in [2.75, 3.05) is 26.2 Å². The third kappa shape index (κ3) is 3.03. The normalized spacial score (nSPS) is 26.1. The fourth-order valence-corrected chi connectivity index (χ4v) is 3.99. The summed E-state index contributed by atoms with van der Waals surface area (Å²) in [6.45, 7) is 12.9. The van der Waals surface area contributed by atoms with E-state index in [0.717, 1.165) is 6.54 Å². The molecule has 2 aliphatic heterocycles. The van der Waals surface area contributed by atoms with Crippen LogP contribution in [-0.4, -0.2) is 31.1 Å². The zero-order chi connectivity index (χ0) is 13.5. The molecule has 3 rings (SSSR count). The van der Waals surface area contributed by atoms with E-state index in [1.54, 1.807) is 5.56 Å². The molecule has 1 atom stereocenters. The summed E-state index contributed by atoms with van der Waals surface area (Å²) in [7, 11) is 0. The van der Waals surface area contributed by atoms with Gasteiger partial charge in [0.25, 0.3) is 0 Å². The molecular formula is C17H27ClN2. The van der Waals surface area contributed by atoms with Gasteiger partial charge in [-0.2, -0.15) is 0 Å². The van der Waals surface area contributed by atoms with Crippen molar-refractivity contribution in [2.24, 2.45) is 5.41 Å². The number of rotatable bonds is 2. The van der Waals surface area contributed by atoms with E-state index in [0.29, 0.717) is 5.41 Å². The second kappa shape index (κ2) is 6.05. The van der Waals surface area contributed by atoms with Crippen molar-refractivity contribution in [3.8, 4) is 0 Å². The van der Waals surface area contributed by atoms with E-state index in [-0.39, 0.29) is 12.4 Å². The highest BCUT2D eigenvalue weighted by molar-refractivity contribution is 5.85. The first-order chi connectivity index (χ1) is 9.08. The van der Waals surface area contributed by atoms with Gasteiger partial charge in [-0.1, -0.05) is 17.7 Å². The molecule has 0 amide bonds. The lowest BCUT2D eigenvalue weighted by atomic mass is 9.86. The Labute approximate surface area is 129 Å². The minimum atomic E-state index is 0. The molecule has 3 heteroatoms. The van der Waals surface area contributed by atoms with Gasteiger partial charge in [0, 0.05) is 19.6 Å². The number of aryl methyl sites for hydroxylation is 3. The lowest BCUT2D eigenvalue weighted by molar-refractivity contribution is 0.268. The smallest absolute Gasteiger partial charge is 0.0239 e.